The fraction of sp³-hybridized carbons (Fsp3) is 0.333. The van der Waals surface area contributed by atoms with Gasteiger partial charge in [-0.15, -0.1) is 0 Å². The summed E-state index contributed by atoms with van der Waals surface area (Å²) in [6.45, 7) is 3.74. The summed E-state index contributed by atoms with van der Waals surface area (Å²) in [7, 11) is 0. The van der Waals surface area contributed by atoms with Crippen molar-refractivity contribution >= 4 is 5.91 Å². The third kappa shape index (κ3) is 4.37. The molecule has 1 aliphatic rings. The maximum Gasteiger partial charge on any atom is 0.274 e. The van der Waals surface area contributed by atoms with Gasteiger partial charge in [-0.05, 0) is 37.8 Å². The van der Waals surface area contributed by atoms with E-state index in [0.717, 1.165) is 24.1 Å². The van der Waals surface area contributed by atoms with E-state index in [9.17, 15) is 9.59 Å². The summed E-state index contributed by atoms with van der Waals surface area (Å²) in [4.78, 5) is 43.6. The van der Waals surface area contributed by atoms with Crippen LogP contribution in [0.3, 0.4) is 0 Å². The van der Waals surface area contributed by atoms with Gasteiger partial charge in [-0.1, -0.05) is 0 Å². The smallest absolute Gasteiger partial charge is 0.274 e. The molecule has 0 saturated carbocycles. The Balaban J connectivity index is 1.37. The van der Waals surface area contributed by atoms with Gasteiger partial charge in [0.1, 0.15) is 5.69 Å². The van der Waals surface area contributed by atoms with Crippen LogP contribution in [0.5, 0.6) is 0 Å². The molecule has 148 valence electrons. The lowest BCUT2D eigenvalue weighted by Crippen LogP contribution is -2.40. The average Bonchev–Trinajstić information content (AvgIpc) is 2.76. The van der Waals surface area contributed by atoms with E-state index in [-0.39, 0.29) is 11.5 Å². The molecule has 4 rings (SSSR count). The number of hydrogen-bond acceptors (Lipinski definition) is 6. The summed E-state index contributed by atoms with van der Waals surface area (Å²) >= 11 is 0. The number of carbonyl (C=O) groups excluding carboxylic acids is 1. The molecule has 1 aliphatic heterocycles. The number of rotatable bonds is 4. The number of piperidine rings is 1. The highest BCUT2D eigenvalue weighted by molar-refractivity contribution is 5.92. The predicted octanol–water partition coefficient (Wildman–Crippen LogP) is 1.96. The standard InChI is InChI=1S/C21H22N6O2/c1-15-11-24-19(12-23-15)21(29)26-8-4-16(5-9-26)13-27-14-25-18(10-20(27)28)17-2-6-22-7-3-17/h2-3,6-7,10-12,14,16H,4-5,8-9,13H2,1H3. The second-order valence-corrected chi connectivity index (χ2v) is 7.28. The van der Waals surface area contributed by atoms with E-state index in [1.165, 1.54) is 6.20 Å². The van der Waals surface area contributed by atoms with E-state index in [1.807, 2.05) is 24.0 Å². The Morgan fingerprint density at radius 3 is 2.52 bits per heavy atom. The summed E-state index contributed by atoms with van der Waals surface area (Å²) in [5.41, 5.74) is 2.61. The molecule has 0 spiro atoms. The number of aryl methyl sites for hydroxylation is 1. The van der Waals surface area contributed by atoms with Gasteiger partial charge in [0, 0.05) is 49.9 Å². The maximum absolute atomic E-state index is 12.6. The lowest BCUT2D eigenvalue weighted by molar-refractivity contribution is 0.0676. The Morgan fingerprint density at radius 2 is 1.86 bits per heavy atom. The van der Waals surface area contributed by atoms with E-state index >= 15 is 0 Å². The molecule has 1 amide bonds. The molecule has 1 fully saturated rings. The molecule has 8 heteroatoms. The molecule has 3 aromatic heterocycles. The fourth-order valence-corrected chi connectivity index (χ4v) is 3.51. The Bertz CT molecular complexity index is 1040. The zero-order valence-electron chi connectivity index (χ0n) is 16.2. The lowest BCUT2D eigenvalue weighted by Gasteiger charge is -2.32. The molecule has 0 radical (unpaired) electrons. The largest absolute Gasteiger partial charge is 0.337 e. The number of aromatic nitrogens is 5. The Kier molecular flexibility index (Phi) is 5.41. The van der Waals surface area contributed by atoms with Gasteiger partial charge >= 0.3 is 0 Å². The first-order chi connectivity index (χ1) is 14.1. The molecule has 0 aliphatic carbocycles. The zero-order chi connectivity index (χ0) is 20.2. The molecule has 0 atom stereocenters. The van der Waals surface area contributed by atoms with Crippen molar-refractivity contribution in [2.24, 2.45) is 5.92 Å². The highest BCUT2D eigenvalue weighted by Gasteiger charge is 2.25. The van der Waals surface area contributed by atoms with E-state index in [0.29, 0.717) is 36.9 Å². The second-order valence-electron chi connectivity index (χ2n) is 7.28. The van der Waals surface area contributed by atoms with Crippen molar-refractivity contribution in [2.45, 2.75) is 26.3 Å². The first kappa shape index (κ1) is 18.9. The highest BCUT2D eigenvalue weighted by Crippen LogP contribution is 2.20. The third-order valence-corrected chi connectivity index (χ3v) is 5.21. The molecular weight excluding hydrogens is 368 g/mol. The van der Waals surface area contributed by atoms with Crippen LogP contribution in [-0.2, 0) is 6.54 Å². The molecule has 0 bridgehead atoms. The monoisotopic (exact) mass is 390 g/mol. The lowest BCUT2D eigenvalue weighted by atomic mass is 9.96. The van der Waals surface area contributed by atoms with E-state index in [4.69, 9.17) is 0 Å². The highest BCUT2D eigenvalue weighted by atomic mass is 16.2. The van der Waals surface area contributed by atoms with Gasteiger partial charge in [0.05, 0.1) is 23.9 Å². The first-order valence-electron chi connectivity index (χ1n) is 9.65. The first-order valence-corrected chi connectivity index (χ1v) is 9.65. The number of pyridine rings is 1. The molecule has 0 unspecified atom stereocenters. The van der Waals surface area contributed by atoms with E-state index in [1.54, 1.807) is 35.6 Å². The number of carbonyl (C=O) groups is 1. The molecule has 0 N–H and O–H groups in total. The van der Waals surface area contributed by atoms with Gasteiger partial charge in [0.15, 0.2) is 0 Å². The molecule has 8 nitrogen and oxygen atoms in total. The fourth-order valence-electron chi connectivity index (χ4n) is 3.51. The van der Waals surface area contributed by atoms with Crippen LogP contribution < -0.4 is 5.56 Å². The van der Waals surface area contributed by atoms with Crippen LogP contribution in [0.2, 0.25) is 0 Å². The molecule has 0 aromatic carbocycles. The summed E-state index contributed by atoms with van der Waals surface area (Å²) in [5, 5.41) is 0. The van der Waals surface area contributed by atoms with Crippen LogP contribution in [0.25, 0.3) is 11.3 Å². The van der Waals surface area contributed by atoms with Crippen molar-refractivity contribution < 1.29 is 4.79 Å². The van der Waals surface area contributed by atoms with Gasteiger partial charge in [-0.2, -0.15) is 0 Å². The van der Waals surface area contributed by atoms with Crippen molar-refractivity contribution in [3.05, 3.63) is 71.1 Å². The summed E-state index contributed by atoms with van der Waals surface area (Å²) < 4.78 is 1.65. The van der Waals surface area contributed by atoms with Crippen molar-refractivity contribution in [3.63, 3.8) is 0 Å². The Morgan fingerprint density at radius 1 is 1.10 bits per heavy atom. The minimum atomic E-state index is -0.0866. The minimum absolute atomic E-state index is 0.0692. The van der Waals surface area contributed by atoms with Gasteiger partial charge in [0.2, 0.25) is 0 Å². The van der Waals surface area contributed by atoms with Gasteiger partial charge in [0.25, 0.3) is 11.5 Å². The van der Waals surface area contributed by atoms with Gasteiger partial charge in [-0.25, -0.2) is 9.97 Å². The third-order valence-electron chi connectivity index (χ3n) is 5.21. The van der Waals surface area contributed by atoms with Crippen molar-refractivity contribution in [2.75, 3.05) is 13.1 Å². The molecule has 3 aromatic rings. The number of likely N-dealkylation sites (tertiary alicyclic amines) is 1. The van der Waals surface area contributed by atoms with Crippen LogP contribution in [0, 0.1) is 12.8 Å². The van der Waals surface area contributed by atoms with Crippen LogP contribution >= 0.6 is 0 Å². The summed E-state index contributed by atoms with van der Waals surface area (Å²) in [5.74, 6) is 0.242. The summed E-state index contributed by atoms with van der Waals surface area (Å²) in [6.07, 6.45) is 9.78. The van der Waals surface area contributed by atoms with Crippen LogP contribution in [-0.4, -0.2) is 48.4 Å². The van der Waals surface area contributed by atoms with Crippen molar-refractivity contribution in [1.29, 1.82) is 0 Å². The van der Waals surface area contributed by atoms with E-state index in [2.05, 4.69) is 19.9 Å². The van der Waals surface area contributed by atoms with E-state index < -0.39 is 0 Å². The zero-order valence-corrected chi connectivity index (χ0v) is 16.2. The normalized spacial score (nSPS) is 14.7. The van der Waals surface area contributed by atoms with Crippen LogP contribution in [0.15, 0.2) is 54.1 Å². The van der Waals surface area contributed by atoms with Crippen molar-refractivity contribution in [1.82, 2.24) is 29.4 Å². The average molecular weight is 390 g/mol. The Hall–Kier alpha value is -3.42. The Labute approximate surface area is 168 Å². The minimum Gasteiger partial charge on any atom is -0.337 e. The molecular formula is C21H22N6O2. The quantitative estimate of drug-likeness (QED) is 0.676. The topological polar surface area (TPSA) is 93.9 Å². The van der Waals surface area contributed by atoms with Crippen molar-refractivity contribution in [3.8, 4) is 11.3 Å². The number of hydrogen-bond donors (Lipinski definition) is 0. The predicted molar refractivity (Wildman–Crippen MR) is 107 cm³/mol. The van der Waals surface area contributed by atoms with Gasteiger partial charge in [-0.3, -0.25) is 24.1 Å². The van der Waals surface area contributed by atoms with Crippen LogP contribution in [0.4, 0.5) is 0 Å². The molecule has 29 heavy (non-hydrogen) atoms. The molecule has 1 saturated heterocycles. The number of amides is 1. The maximum atomic E-state index is 12.6. The molecule has 4 heterocycles. The number of nitrogens with zero attached hydrogens (tertiary/aromatic N) is 6. The SMILES string of the molecule is Cc1cnc(C(=O)N2CCC(Cn3cnc(-c4ccncc4)cc3=O)CC2)cn1. The van der Waals surface area contributed by atoms with Crippen LogP contribution in [0.1, 0.15) is 29.0 Å². The van der Waals surface area contributed by atoms with Gasteiger partial charge < -0.3 is 4.90 Å². The summed E-state index contributed by atoms with van der Waals surface area (Å²) in [6, 6.07) is 5.22. The second kappa shape index (κ2) is 8.30.